The van der Waals surface area contributed by atoms with Crippen LogP contribution in [-0.4, -0.2) is 26.0 Å². The van der Waals surface area contributed by atoms with E-state index in [4.69, 9.17) is 14.9 Å². The highest BCUT2D eigenvalue weighted by Gasteiger charge is 2.52. The first-order valence-corrected chi connectivity index (χ1v) is 5.04. The van der Waals surface area contributed by atoms with Crippen molar-refractivity contribution in [1.82, 2.24) is 0 Å². The van der Waals surface area contributed by atoms with Gasteiger partial charge in [-0.25, -0.2) is 0 Å². The minimum absolute atomic E-state index is 0.615. The molecule has 5 nitrogen and oxygen atoms in total. The summed E-state index contributed by atoms with van der Waals surface area (Å²) in [7, 11) is -4.60. The maximum atomic E-state index is 10.8. The first-order valence-electron chi connectivity index (χ1n) is 3.43. The predicted octanol–water partition coefficient (Wildman–Crippen LogP) is 0.663. The first kappa shape index (κ1) is 11.6. The van der Waals surface area contributed by atoms with E-state index in [1.807, 2.05) is 0 Å². The molecule has 1 unspecified atom stereocenters. The van der Waals surface area contributed by atoms with Crippen molar-refractivity contribution in [1.29, 1.82) is 0 Å². The van der Waals surface area contributed by atoms with E-state index < -0.39 is 24.6 Å². The molecule has 0 radical (unpaired) electrons. The first-order chi connectivity index (χ1) is 5.14. The van der Waals surface area contributed by atoms with Crippen LogP contribution in [-0.2, 0) is 9.36 Å². The number of hydrogen-bond acceptors (Lipinski definition) is 2. The molecule has 0 aliphatic heterocycles. The Kier molecular flexibility index (Phi) is 3.07. The van der Waals surface area contributed by atoms with Crippen LogP contribution in [0.1, 0.15) is 20.8 Å². The molecule has 0 aromatic heterocycles. The lowest BCUT2D eigenvalue weighted by molar-refractivity contribution is -0.141. The van der Waals surface area contributed by atoms with Crippen LogP contribution in [0.25, 0.3) is 0 Å². The molecular weight excluding hydrogens is 183 g/mol. The van der Waals surface area contributed by atoms with Crippen LogP contribution in [0.15, 0.2) is 0 Å². The molecule has 0 aliphatic rings. The van der Waals surface area contributed by atoms with Gasteiger partial charge in [0.25, 0.3) is 0 Å². The third-order valence-corrected chi connectivity index (χ3v) is 4.08. The molecule has 3 N–H and O–H groups in total. The number of carboxylic acids is 1. The van der Waals surface area contributed by atoms with Crippen molar-refractivity contribution in [2.24, 2.45) is 5.92 Å². The van der Waals surface area contributed by atoms with Crippen LogP contribution in [0.4, 0.5) is 0 Å². The molecule has 72 valence electrons. The number of aliphatic carboxylic acids is 1. The van der Waals surface area contributed by atoms with Gasteiger partial charge < -0.3 is 14.9 Å². The number of carboxylic acid groups (broad SMARTS) is 1. The van der Waals surface area contributed by atoms with Crippen LogP contribution in [0.5, 0.6) is 0 Å². The fourth-order valence-corrected chi connectivity index (χ4v) is 1.63. The van der Waals surface area contributed by atoms with Crippen molar-refractivity contribution in [2.45, 2.75) is 25.9 Å². The second-order valence-corrected chi connectivity index (χ2v) is 5.17. The summed E-state index contributed by atoms with van der Waals surface area (Å²) in [5.41, 5.74) is 0. The Morgan fingerprint density at radius 3 is 1.75 bits per heavy atom. The quantitative estimate of drug-likeness (QED) is 0.576. The Morgan fingerprint density at radius 2 is 1.75 bits per heavy atom. The maximum Gasteiger partial charge on any atom is 0.342 e. The van der Waals surface area contributed by atoms with Crippen molar-refractivity contribution in [3.63, 3.8) is 0 Å². The number of rotatable bonds is 3. The Labute approximate surface area is 70.6 Å². The Morgan fingerprint density at radius 1 is 1.42 bits per heavy atom. The standard InChI is InChI=1S/C6H13O5P/c1-4(2)6(3,5(7)8)12(9,10)11/h4H,1-3H3,(H,7,8)(H2,9,10,11). The van der Waals surface area contributed by atoms with Gasteiger partial charge in [0.05, 0.1) is 0 Å². The van der Waals surface area contributed by atoms with E-state index in [2.05, 4.69) is 0 Å². The van der Waals surface area contributed by atoms with Gasteiger partial charge in [0.1, 0.15) is 0 Å². The van der Waals surface area contributed by atoms with Gasteiger partial charge in [-0.05, 0) is 12.8 Å². The van der Waals surface area contributed by atoms with E-state index in [1.165, 1.54) is 13.8 Å². The van der Waals surface area contributed by atoms with E-state index in [0.29, 0.717) is 0 Å². The molecule has 0 spiro atoms. The molecule has 12 heavy (non-hydrogen) atoms. The summed E-state index contributed by atoms with van der Waals surface area (Å²) in [6, 6.07) is 0. The summed E-state index contributed by atoms with van der Waals surface area (Å²) in [6.45, 7) is 3.99. The summed E-state index contributed by atoms with van der Waals surface area (Å²) >= 11 is 0. The number of carbonyl (C=O) groups is 1. The molecular formula is C6H13O5P. The Balaban J connectivity index is 5.17. The van der Waals surface area contributed by atoms with Gasteiger partial charge >= 0.3 is 13.6 Å². The van der Waals surface area contributed by atoms with Gasteiger partial charge in [0.15, 0.2) is 5.16 Å². The van der Waals surface area contributed by atoms with Gasteiger partial charge in [0.2, 0.25) is 0 Å². The summed E-state index contributed by atoms with van der Waals surface area (Å²) in [4.78, 5) is 28.2. The smallest absolute Gasteiger partial charge is 0.342 e. The van der Waals surface area contributed by atoms with Gasteiger partial charge in [-0.15, -0.1) is 0 Å². The molecule has 0 aliphatic carbocycles. The van der Waals surface area contributed by atoms with Crippen molar-refractivity contribution >= 4 is 13.6 Å². The van der Waals surface area contributed by atoms with Crippen molar-refractivity contribution in [2.75, 3.05) is 0 Å². The molecule has 0 amide bonds. The second-order valence-electron chi connectivity index (χ2n) is 3.15. The second kappa shape index (κ2) is 3.17. The largest absolute Gasteiger partial charge is 0.480 e. The summed E-state index contributed by atoms with van der Waals surface area (Å²) < 4.78 is 10.8. The van der Waals surface area contributed by atoms with E-state index in [1.54, 1.807) is 0 Å². The van der Waals surface area contributed by atoms with Gasteiger partial charge in [0, 0.05) is 0 Å². The third kappa shape index (κ3) is 1.68. The number of hydrogen-bond donors (Lipinski definition) is 3. The normalized spacial score (nSPS) is 17.5. The summed E-state index contributed by atoms with van der Waals surface area (Å²) in [5.74, 6) is -2.08. The van der Waals surface area contributed by atoms with Crippen molar-refractivity contribution < 1.29 is 24.3 Å². The van der Waals surface area contributed by atoms with E-state index in [0.717, 1.165) is 6.92 Å². The van der Waals surface area contributed by atoms with Gasteiger partial charge in [-0.3, -0.25) is 9.36 Å². The minimum Gasteiger partial charge on any atom is -0.480 e. The minimum atomic E-state index is -4.60. The Bertz CT molecular complexity index is 230. The highest BCUT2D eigenvalue weighted by molar-refractivity contribution is 7.54. The average molecular weight is 196 g/mol. The molecule has 1 atom stereocenters. The maximum absolute atomic E-state index is 10.8. The molecule has 0 saturated heterocycles. The highest BCUT2D eigenvalue weighted by atomic mass is 31.2. The van der Waals surface area contributed by atoms with Crippen LogP contribution in [0.3, 0.4) is 0 Å². The third-order valence-electron chi connectivity index (χ3n) is 2.16. The fraction of sp³-hybridized carbons (Fsp3) is 0.833. The van der Waals surface area contributed by atoms with E-state index in [-0.39, 0.29) is 0 Å². The molecule has 6 heteroatoms. The molecule has 0 rings (SSSR count). The molecule has 0 heterocycles. The highest BCUT2D eigenvalue weighted by Crippen LogP contribution is 2.54. The van der Waals surface area contributed by atoms with Crippen LogP contribution < -0.4 is 0 Å². The monoisotopic (exact) mass is 196 g/mol. The lowest BCUT2D eigenvalue weighted by Crippen LogP contribution is -2.40. The molecule has 0 bridgehead atoms. The topological polar surface area (TPSA) is 94.8 Å². The van der Waals surface area contributed by atoms with Crippen molar-refractivity contribution in [3.05, 3.63) is 0 Å². The van der Waals surface area contributed by atoms with Crippen LogP contribution in [0, 0.1) is 5.92 Å². The lowest BCUT2D eigenvalue weighted by Gasteiger charge is -2.29. The fourth-order valence-electron chi connectivity index (χ4n) is 0.708. The Hall–Kier alpha value is -0.380. The zero-order valence-corrected chi connectivity index (χ0v) is 8.08. The summed E-state index contributed by atoms with van der Waals surface area (Å²) in [5, 5.41) is 6.67. The zero-order chi connectivity index (χ0) is 10.2. The van der Waals surface area contributed by atoms with Crippen LogP contribution in [0.2, 0.25) is 0 Å². The SMILES string of the molecule is CC(C)C(C)(C(=O)O)P(=O)(O)O. The van der Waals surface area contributed by atoms with E-state index in [9.17, 15) is 9.36 Å². The molecule has 0 saturated carbocycles. The van der Waals surface area contributed by atoms with E-state index >= 15 is 0 Å². The lowest BCUT2D eigenvalue weighted by atomic mass is 9.97. The van der Waals surface area contributed by atoms with Crippen molar-refractivity contribution in [3.8, 4) is 0 Å². The zero-order valence-electron chi connectivity index (χ0n) is 7.18. The molecule has 0 fully saturated rings. The molecule has 0 aromatic rings. The average Bonchev–Trinajstić information content (AvgIpc) is 1.82. The summed E-state index contributed by atoms with van der Waals surface area (Å²) in [6.07, 6.45) is 0. The van der Waals surface area contributed by atoms with Crippen LogP contribution >= 0.6 is 7.60 Å². The van der Waals surface area contributed by atoms with Gasteiger partial charge in [-0.2, -0.15) is 0 Å². The van der Waals surface area contributed by atoms with Gasteiger partial charge in [-0.1, -0.05) is 13.8 Å². The molecule has 0 aromatic carbocycles. The predicted molar refractivity (Wildman–Crippen MR) is 42.9 cm³/mol.